The zero-order valence-corrected chi connectivity index (χ0v) is 17.0. The van der Waals surface area contributed by atoms with Crippen LogP contribution in [-0.4, -0.2) is 40.5 Å². The van der Waals surface area contributed by atoms with E-state index in [1.165, 1.54) is 30.7 Å². The van der Waals surface area contributed by atoms with Crippen molar-refractivity contribution in [3.8, 4) is 11.5 Å². The number of halogens is 3. The van der Waals surface area contributed by atoms with Gasteiger partial charge in [-0.05, 0) is 43.3 Å². The number of pyridine rings is 1. The van der Waals surface area contributed by atoms with E-state index in [1.807, 2.05) is 4.90 Å². The highest BCUT2D eigenvalue weighted by Gasteiger charge is 2.31. The topological polar surface area (TPSA) is 98.4 Å². The zero-order chi connectivity index (χ0) is 22.7. The minimum absolute atomic E-state index is 0.0263. The van der Waals surface area contributed by atoms with Gasteiger partial charge >= 0.3 is 6.36 Å². The zero-order valence-electron chi connectivity index (χ0n) is 17.0. The summed E-state index contributed by atoms with van der Waals surface area (Å²) in [5, 5.41) is 3.31. The molecular formula is C21H21F3N6O2. The lowest BCUT2D eigenvalue weighted by Crippen LogP contribution is -2.35. The molecule has 1 atom stereocenters. The van der Waals surface area contributed by atoms with E-state index < -0.39 is 6.36 Å². The van der Waals surface area contributed by atoms with Crippen molar-refractivity contribution in [2.75, 3.05) is 29.1 Å². The van der Waals surface area contributed by atoms with Crippen LogP contribution in [0, 0.1) is 0 Å². The van der Waals surface area contributed by atoms with E-state index >= 15 is 0 Å². The Morgan fingerprint density at radius 1 is 1.25 bits per heavy atom. The first kappa shape index (κ1) is 21.5. The number of anilines is 3. The number of benzene rings is 1. The van der Waals surface area contributed by atoms with E-state index in [0.717, 1.165) is 19.4 Å². The van der Waals surface area contributed by atoms with Gasteiger partial charge in [-0.3, -0.25) is 4.98 Å². The van der Waals surface area contributed by atoms with Crippen molar-refractivity contribution in [1.82, 2.24) is 15.0 Å². The Bertz CT molecular complexity index is 1120. The summed E-state index contributed by atoms with van der Waals surface area (Å²) < 4.78 is 47.9. The molecule has 0 aliphatic carbocycles. The molecule has 11 heteroatoms. The predicted octanol–water partition coefficient (Wildman–Crippen LogP) is 4.11. The molecule has 3 heterocycles. The highest BCUT2D eigenvalue weighted by atomic mass is 19.4. The fourth-order valence-corrected chi connectivity index (χ4v) is 3.72. The van der Waals surface area contributed by atoms with Crippen molar-refractivity contribution in [2.45, 2.75) is 25.2 Å². The molecule has 0 spiro atoms. The Morgan fingerprint density at radius 2 is 2.09 bits per heavy atom. The second-order valence-electron chi connectivity index (χ2n) is 7.14. The normalized spacial score (nSPS) is 16.2. The maximum atomic E-state index is 12.6. The molecule has 3 aromatic rings. The van der Waals surface area contributed by atoms with Crippen LogP contribution < -0.4 is 25.4 Å². The fraction of sp³-hybridized carbons (Fsp3) is 0.286. The van der Waals surface area contributed by atoms with Crippen LogP contribution in [0.25, 0.3) is 10.9 Å². The molecule has 8 nitrogen and oxygen atoms in total. The van der Waals surface area contributed by atoms with Gasteiger partial charge in [0.1, 0.15) is 30.1 Å². The Kier molecular flexibility index (Phi) is 5.89. The highest BCUT2D eigenvalue weighted by Crippen LogP contribution is 2.34. The van der Waals surface area contributed by atoms with Gasteiger partial charge in [-0.2, -0.15) is 0 Å². The third-order valence-corrected chi connectivity index (χ3v) is 5.09. The molecule has 2 aromatic heterocycles. The third-order valence-electron chi connectivity index (χ3n) is 5.09. The number of fused-ring (bicyclic) bond motifs is 1. The molecule has 0 bridgehead atoms. The minimum Gasteiger partial charge on any atom is -0.491 e. The predicted molar refractivity (Wildman–Crippen MR) is 115 cm³/mol. The molecule has 4 rings (SSSR count). The van der Waals surface area contributed by atoms with E-state index in [1.54, 1.807) is 12.3 Å². The lowest BCUT2D eigenvalue weighted by Gasteiger charge is -2.27. The second-order valence-corrected chi connectivity index (χ2v) is 7.14. The van der Waals surface area contributed by atoms with Gasteiger partial charge in [0.25, 0.3) is 0 Å². The van der Waals surface area contributed by atoms with Gasteiger partial charge in [-0.1, -0.05) is 6.58 Å². The first-order valence-corrected chi connectivity index (χ1v) is 9.87. The average Bonchev–Trinajstić information content (AvgIpc) is 3.21. The van der Waals surface area contributed by atoms with Gasteiger partial charge in [-0.15, -0.1) is 13.2 Å². The summed E-state index contributed by atoms with van der Waals surface area (Å²) >= 11 is 0. The summed E-state index contributed by atoms with van der Waals surface area (Å²) in [4.78, 5) is 14.7. The first-order chi connectivity index (χ1) is 15.4. The van der Waals surface area contributed by atoms with Gasteiger partial charge in [0.2, 0.25) is 0 Å². The summed E-state index contributed by atoms with van der Waals surface area (Å²) in [6.45, 7) is 4.64. The molecule has 1 fully saturated rings. The van der Waals surface area contributed by atoms with Crippen molar-refractivity contribution in [1.29, 1.82) is 0 Å². The molecule has 32 heavy (non-hydrogen) atoms. The molecule has 0 saturated carbocycles. The molecule has 1 aromatic carbocycles. The average molecular weight is 446 g/mol. The molecule has 0 amide bonds. The van der Waals surface area contributed by atoms with Crippen LogP contribution in [0.15, 0.2) is 49.6 Å². The first-order valence-electron chi connectivity index (χ1n) is 9.87. The summed E-state index contributed by atoms with van der Waals surface area (Å²) in [6.07, 6.45) is 1.44. The number of aromatic nitrogens is 3. The minimum atomic E-state index is -4.78. The quantitative estimate of drug-likeness (QED) is 0.560. The molecular weight excluding hydrogens is 425 g/mol. The van der Waals surface area contributed by atoms with E-state index in [0.29, 0.717) is 34.0 Å². The number of ether oxygens (including phenoxy) is 2. The van der Waals surface area contributed by atoms with Crippen molar-refractivity contribution in [3.05, 3.63) is 49.6 Å². The maximum Gasteiger partial charge on any atom is 0.573 e. The van der Waals surface area contributed by atoms with Gasteiger partial charge in [0.05, 0.1) is 11.6 Å². The van der Waals surface area contributed by atoms with Crippen LogP contribution >= 0.6 is 0 Å². The Morgan fingerprint density at radius 3 is 2.88 bits per heavy atom. The fourth-order valence-electron chi connectivity index (χ4n) is 3.72. The standard InChI is InChI=1S/C21H21F3N6O2/c1-2-26-19-18(25)20(29-12-28-19)30-9-3-4-13(30)11-31-17-7-8-27-16-6-5-14(10-15(16)17)32-21(22,23)24/h2,5-8,10,12-13H,1,3-4,9,11,25H2,(H,26,28,29)/t13-/m1/s1. The van der Waals surface area contributed by atoms with Crippen LogP contribution in [0.5, 0.6) is 11.5 Å². The molecule has 3 N–H and O–H groups in total. The summed E-state index contributed by atoms with van der Waals surface area (Å²) in [5.74, 6) is 1.14. The second kappa shape index (κ2) is 8.77. The summed E-state index contributed by atoms with van der Waals surface area (Å²) in [6, 6.07) is 5.54. The van der Waals surface area contributed by atoms with Crippen LogP contribution in [-0.2, 0) is 0 Å². The Balaban J connectivity index is 1.55. The van der Waals surface area contributed by atoms with Crippen molar-refractivity contribution >= 4 is 28.2 Å². The van der Waals surface area contributed by atoms with E-state index in [4.69, 9.17) is 10.5 Å². The SMILES string of the molecule is C=CNc1ncnc(N2CCC[C@@H]2COc2ccnc3ccc(OC(F)(F)F)cc23)c1N. The molecule has 168 valence electrons. The number of nitrogens with zero attached hydrogens (tertiary/aromatic N) is 4. The molecule has 0 unspecified atom stereocenters. The smallest absolute Gasteiger partial charge is 0.491 e. The van der Waals surface area contributed by atoms with Crippen LogP contribution in [0.4, 0.5) is 30.5 Å². The van der Waals surface area contributed by atoms with Crippen LogP contribution in [0.1, 0.15) is 12.8 Å². The maximum absolute atomic E-state index is 12.6. The van der Waals surface area contributed by atoms with E-state index in [-0.39, 0.29) is 18.4 Å². The van der Waals surface area contributed by atoms with Gasteiger partial charge in [-0.25, -0.2) is 9.97 Å². The van der Waals surface area contributed by atoms with Gasteiger partial charge in [0, 0.05) is 18.1 Å². The molecule has 1 saturated heterocycles. The molecule has 1 aliphatic heterocycles. The monoisotopic (exact) mass is 446 g/mol. The van der Waals surface area contributed by atoms with Crippen LogP contribution in [0.2, 0.25) is 0 Å². The number of hydrogen-bond donors (Lipinski definition) is 2. The van der Waals surface area contributed by atoms with Crippen molar-refractivity contribution in [2.24, 2.45) is 0 Å². The number of nitrogen functional groups attached to an aromatic ring is 1. The highest BCUT2D eigenvalue weighted by molar-refractivity contribution is 5.86. The number of hydrogen-bond acceptors (Lipinski definition) is 8. The Labute approximate surface area is 181 Å². The van der Waals surface area contributed by atoms with Gasteiger partial charge in [0.15, 0.2) is 11.6 Å². The van der Waals surface area contributed by atoms with Gasteiger partial charge < -0.3 is 25.4 Å². The summed E-state index contributed by atoms with van der Waals surface area (Å²) in [5.41, 5.74) is 7.13. The number of rotatable bonds is 7. The largest absolute Gasteiger partial charge is 0.573 e. The van der Waals surface area contributed by atoms with E-state index in [2.05, 4.69) is 31.6 Å². The lowest BCUT2D eigenvalue weighted by molar-refractivity contribution is -0.274. The molecule has 1 aliphatic rings. The number of nitrogens with one attached hydrogen (secondary N) is 1. The molecule has 0 radical (unpaired) electrons. The third kappa shape index (κ3) is 4.61. The summed E-state index contributed by atoms with van der Waals surface area (Å²) in [7, 11) is 0. The van der Waals surface area contributed by atoms with E-state index in [9.17, 15) is 13.2 Å². The van der Waals surface area contributed by atoms with Crippen LogP contribution in [0.3, 0.4) is 0 Å². The van der Waals surface area contributed by atoms with Crippen molar-refractivity contribution < 1.29 is 22.6 Å². The Hall–Kier alpha value is -3.76. The van der Waals surface area contributed by atoms with Crippen molar-refractivity contribution in [3.63, 3.8) is 0 Å². The number of nitrogens with two attached hydrogens (primary N) is 1. The number of alkyl halides is 3. The lowest BCUT2D eigenvalue weighted by atomic mass is 10.2.